The Balaban J connectivity index is 2.35. The molecule has 0 spiro atoms. The van der Waals surface area contributed by atoms with Crippen LogP contribution in [0, 0.1) is 5.82 Å². The minimum atomic E-state index is -0.230. The van der Waals surface area contributed by atoms with Crippen molar-refractivity contribution in [1.29, 1.82) is 0 Å². The number of nitrogens with zero attached hydrogens (tertiary/aromatic N) is 3. The summed E-state index contributed by atoms with van der Waals surface area (Å²) in [5.41, 5.74) is 1.32. The van der Waals surface area contributed by atoms with Crippen molar-refractivity contribution < 1.29 is 4.39 Å². The van der Waals surface area contributed by atoms with Gasteiger partial charge in [-0.3, -0.25) is 0 Å². The molecule has 0 fully saturated rings. The quantitative estimate of drug-likeness (QED) is 0.878. The largest absolute Gasteiger partial charge is 0.310 e. The maximum absolute atomic E-state index is 13.8. The van der Waals surface area contributed by atoms with E-state index in [1.807, 2.05) is 19.9 Å². The molecule has 90 valence electrons. The molecule has 0 saturated heterocycles. The average Bonchev–Trinajstić information content (AvgIpc) is 2.80. The van der Waals surface area contributed by atoms with E-state index in [9.17, 15) is 4.39 Å². The standard InChI is InChI=1S/C12H15FN4/c1-9(2)15-6-10-11(13)4-3-5-12(10)17-8-14-7-16-17/h3-5,7-9,15H,6H2,1-2H3. The molecule has 0 saturated carbocycles. The van der Waals surface area contributed by atoms with E-state index in [0.29, 0.717) is 18.2 Å². The highest BCUT2D eigenvalue weighted by Crippen LogP contribution is 2.16. The van der Waals surface area contributed by atoms with Gasteiger partial charge in [-0.15, -0.1) is 0 Å². The van der Waals surface area contributed by atoms with Crippen molar-refractivity contribution in [3.05, 3.63) is 42.2 Å². The van der Waals surface area contributed by atoms with Crippen LogP contribution in [-0.2, 0) is 6.54 Å². The molecule has 1 aromatic heterocycles. The zero-order valence-corrected chi connectivity index (χ0v) is 9.89. The summed E-state index contributed by atoms with van der Waals surface area (Å²) >= 11 is 0. The van der Waals surface area contributed by atoms with Crippen LogP contribution in [0.15, 0.2) is 30.9 Å². The van der Waals surface area contributed by atoms with Crippen molar-refractivity contribution in [2.24, 2.45) is 0 Å². The van der Waals surface area contributed by atoms with Crippen LogP contribution in [0.5, 0.6) is 0 Å². The fourth-order valence-corrected chi connectivity index (χ4v) is 1.58. The van der Waals surface area contributed by atoms with Crippen molar-refractivity contribution in [3.63, 3.8) is 0 Å². The minimum Gasteiger partial charge on any atom is -0.310 e. The zero-order chi connectivity index (χ0) is 12.3. The number of nitrogens with one attached hydrogen (secondary N) is 1. The van der Waals surface area contributed by atoms with Gasteiger partial charge in [-0.25, -0.2) is 14.1 Å². The van der Waals surface area contributed by atoms with Gasteiger partial charge in [0, 0.05) is 18.2 Å². The number of hydrogen-bond donors (Lipinski definition) is 1. The van der Waals surface area contributed by atoms with Crippen LogP contribution in [0.25, 0.3) is 5.69 Å². The van der Waals surface area contributed by atoms with Gasteiger partial charge in [0.15, 0.2) is 0 Å². The second kappa shape index (κ2) is 5.05. The van der Waals surface area contributed by atoms with E-state index in [2.05, 4.69) is 15.4 Å². The minimum absolute atomic E-state index is 0.230. The first-order chi connectivity index (χ1) is 8.18. The molecule has 0 aliphatic carbocycles. The maximum atomic E-state index is 13.8. The third kappa shape index (κ3) is 2.68. The number of benzene rings is 1. The summed E-state index contributed by atoms with van der Waals surface area (Å²) in [5.74, 6) is -0.230. The Kier molecular flexibility index (Phi) is 3.49. The predicted molar refractivity (Wildman–Crippen MR) is 63.3 cm³/mol. The molecule has 0 atom stereocenters. The molecule has 2 rings (SSSR count). The van der Waals surface area contributed by atoms with Crippen LogP contribution in [-0.4, -0.2) is 20.8 Å². The van der Waals surface area contributed by atoms with Gasteiger partial charge >= 0.3 is 0 Å². The summed E-state index contributed by atoms with van der Waals surface area (Å²) in [5, 5.41) is 7.23. The van der Waals surface area contributed by atoms with Gasteiger partial charge in [-0.05, 0) is 12.1 Å². The molecule has 2 aromatic rings. The fourth-order valence-electron chi connectivity index (χ4n) is 1.58. The molecule has 5 heteroatoms. The third-order valence-corrected chi connectivity index (χ3v) is 2.45. The molecule has 4 nitrogen and oxygen atoms in total. The predicted octanol–water partition coefficient (Wildman–Crippen LogP) is 1.90. The molecule has 0 radical (unpaired) electrons. The molecule has 0 unspecified atom stereocenters. The van der Waals surface area contributed by atoms with Crippen molar-refractivity contribution in [2.75, 3.05) is 0 Å². The Morgan fingerprint density at radius 2 is 2.24 bits per heavy atom. The molecule has 17 heavy (non-hydrogen) atoms. The van der Waals surface area contributed by atoms with Crippen LogP contribution in [0.1, 0.15) is 19.4 Å². The van der Waals surface area contributed by atoms with Crippen LogP contribution < -0.4 is 5.32 Å². The lowest BCUT2D eigenvalue weighted by Crippen LogP contribution is -2.23. The lowest BCUT2D eigenvalue weighted by Gasteiger charge is -2.13. The summed E-state index contributed by atoms with van der Waals surface area (Å²) in [6.07, 6.45) is 3.00. The van der Waals surface area contributed by atoms with E-state index >= 15 is 0 Å². The molecule has 1 aromatic carbocycles. The summed E-state index contributed by atoms with van der Waals surface area (Å²) in [6, 6.07) is 5.26. The van der Waals surface area contributed by atoms with E-state index in [1.165, 1.54) is 12.4 Å². The van der Waals surface area contributed by atoms with Crippen LogP contribution in [0.2, 0.25) is 0 Å². The van der Waals surface area contributed by atoms with Gasteiger partial charge in [0.2, 0.25) is 0 Å². The van der Waals surface area contributed by atoms with Crippen molar-refractivity contribution in [3.8, 4) is 5.69 Å². The Hall–Kier alpha value is -1.75. The summed E-state index contributed by atoms with van der Waals surface area (Å²) < 4.78 is 15.4. The van der Waals surface area contributed by atoms with E-state index in [1.54, 1.807) is 17.1 Å². The van der Waals surface area contributed by atoms with Crippen molar-refractivity contribution in [2.45, 2.75) is 26.4 Å². The van der Waals surface area contributed by atoms with Crippen LogP contribution in [0.3, 0.4) is 0 Å². The molecule has 0 amide bonds. The first-order valence-electron chi connectivity index (χ1n) is 5.54. The Morgan fingerprint density at radius 1 is 1.41 bits per heavy atom. The third-order valence-electron chi connectivity index (χ3n) is 2.45. The lowest BCUT2D eigenvalue weighted by atomic mass is 10.1. The number of aromatic nitrogens is 3. The van der Waals surface area contributed by atoms with E-state index in [-0.39, 0.29) is 5.82 Å². The SMILES string of the molecule is CC(C)NCc1c(F)cccc1-n1cncn1. The van der Waals surface area contributed by atoms with Gasteiger partial charge in [0.1, 0.15) is 18.5 Å². The van der Waals surface area contributed by atoms with Crippen molar-refractivity contribution in [1.82, 2.24) is 20.1 Å². The van der Waals surface area contributed by atoms with Crippen LogP contribution in [0.4, 0.5) is 4.39 Å². The van der Waals surface area contributed by atoms with Gasteiger partial charge in [0.05, 0.1) is 5.69 Å². The van der Waals surface area contributed by atoms with Gasteiger partial charge in [-0.2, -0.15) is 5.10 Å². The smallest absolute Gasteiger partial charge is 0.138 e. The zero-order valence-electron chi connectivity index (χ0n) is 9.89. The molecule has 0 aliphatic rings. The van der Waals surface area contributed by atoms with Gasteiger partial charge in [0.25, 0.3) is 0 Å². The normalized spacial score (nSPS) is 11.1. The topological polar surface area (TPSA) is 42.7 Å². The Labute approximate surface area is 99.5 Å². The Bertz CT molecular complexity index is 479. The Morgan fingerprint density at radius 3 is 2.88 bits per heavy atom. The molecular formula is C12H15FN4. The van der Waals surface area contributed by atoms with E-state index in [0.717, 1.165) is 5.69 Å². The van der Waals surface area contributed by atoms with Gasteiger partial charge in [-0.1, -0.05) is 19.9 Å². The van der Waals surface area contributed by atoms with E-state index < -0.39 is 0 Å². The molecule has 0 aliphatic heterocycles. The average molecular weight is 234 g/mol. The molecule has 1 N–H and O–H groups in total. The molecule has 0 bridgehead atoms. The summed E-state index contributed by atoms with van der Waals surface area (Å²) in [4.78, 5) is 3.87. The summed E-state index contributed by atoms with van der Waals surface area (Å²) in [7, 11) is 0. The number of halogens is 1. The second-order valence-corrected chi connectivity index (χ2v) is 4.11. The fraction of sp³-hybridized carbons (Fsp3) is 0.333. The first-order valence-corrected chi connectivity index (χ1v) is 5.54. The lowest BCUT2D eigenvalue weighted by molar-refractivity contribution is 0.550. The highest BCUT2D eigenvalue weighted by molar-refractivity contribution is 5.40. The number of rotatable bonds is 4. The maximum Gasteiger partial charge on any atom is 0.138 e. The highest BCUT2D eigenvalue weighted by atomic mass is 19.1. The van der Waals surface area contributed by atoms with E-state index in [4.69, 9.17) is 0 Å². The molecular weight excluding hydrogens is 219 g/mol. The highest BCUT2D eigenvalue weighted by Gasteiger charge is 2.10. The van der Waals surface area contributed by atoms with Crippen molar-refractivity contribution >= 4 is 0 Å². The first kappa shape index (κ1) is 11.7. The number of hydrogen-bond acceptors (Lipinski definition) is 3. The van der Waals surface area contributed by atoms with Crippen LogP contribution >= 0.6 is 0 Å². The van der Waals surface area contributed by atoms with Gasteiger partial charge < -0.3 is 5.32 Å². The molecule has 1 heterocycles. The summed E-state index contributed by atoms with van der Waals surface area (Å²) in [6.45, 7) is 4.52. The monoisotopic (exact) mass is 234 g/mol. The second-order valence-electron chi connectivity index (χ2n) is 4.11.